The van der Waals surface area contributed by atoms with Crippen LogP contribution in [0.4, 0.5) is 0 Å². The first kappa shape index (κ1) is 12.1. The van der Waals surface area contributed by atoms with Gasteiger partial charge < -0.3 is 15.0 Å². The van der Waals surface area contributed by atoms with Crippen LogP contribution in [0.1, 0.15) is 6.92 Å². The molecule has 0 heterocycles. The van der Waals surface area contributed by atoms with Gasteiger partial charge in [0.2, 0.25) is 0 Å². The summed E-state index contributed by atoms with van der Waals surface area (Å²) < 4.78 is 0. The van der Waals surface area contributed by atoms with E-state index in [0.29, 0.717) is 0 Å². The maximum absolute atomic E-state index is 10.1. The van der Waals surface area contributed by atoms with E-state index in [1.807, 2.05) is 0 Å². The summed E-state index contributed by atoms with van der Waals surface area (Å²) in [7, 11) is 0. The van der Waals surface area contributed by atoms with E-state index in [1.54, 1.807) is 0 Å². The first-order valence-electron chi connectivity index (χ1n) is 3.52. The third-order valence-corrected chi connectivity index (χ3v) is 1.59. The van der Waals surface area contributed by atoms with Gasteiger partial charge in [0.1, 0.15) is 18.2 Å². The number of nitrogens with zero attached hydrogens (tertiary/aromatic N) is 1. The summed E-state index contributed by atoms with van der Waals surface area (Å²) in [6, 6.07) is -1.09. The van der Waals surface area contributed by atoms with E-state index in [-0.39, 0.29) is 6.29 Å². The lowest BCUT2D eigenvalue weighted by Gasteiger charge is -2.22. The maximum atomic E-state index is 10.1. The van der Waals surface area contributed by atoms with Gasteiger partial charge in [0.15, 0.2) is 12.4 Å². The van der Waals surface area contributed by atoms with Crippen LogP contribution in [-0.2, 0) is 9.68 Å². The number of carbonyl (C=O) groups excluding carboxylic acids is 1. The molecule has 0 aromatic heterocycles. The van der Waals surface area contributed by atoms with Crippen molar-refractivity contribution in [2.24, 2.45) is 5.18 Å². The van der Waals surface area contributed by atoms with E-state index in [2.05, 4.69) is 10.1 Å². The molecule has 0 rings (SSSR count). The van der Waals surface area contributed by atoms with Gasteiger partial charge in [-0.15, -0.1) is 0 Å². The fraction of sp³-hybridized carbons (Fsp3) is 0.833. The Morgan fingerprint density at radius 2 is 2.00 bits per heavy atom. The molecule has 13 heavy (non-hydrogen) atoms. The van der Waals surface area contributed by atoms with E-state index in [9.17, 15) is 14.8 Å². The Balaban J connectivity index is 4.37. The molecule has 0 spiro atoms. The van der Waals surface area contributed by atoms with Crippen LogP contribution in [0.2, 0.25) is 0 Å². The van der Waals surface area contributed by atoms with Gasteiger partial charge in [-0.2, -0.15) is 4.91 Å². The molecule has 0 radical (unpaired) electrons. The Morgan fingerprint density at radius 3 is 2.31 bits per heavy atom. The van der Waals surface area contributed by atoms with Crippen molar-refractivity contribution in [1.82, 2.24) is 0 Å². The van der Waals surface area contributed by atoms with Crippen molar-refractivity contribution in [3.05, 3.63) is 4.91 Å². The van der Waals surface area contributed by atoms with Crippen molar-refractivity contribution in [1.29, 1.82) is 0 Å². The zero-order valence-electron chi connectivity index (χ0n) is 6.90. The minimum Gasteiger partial charge on any atom is -0.388 e. The zero-order valence-corrected chi connectivity index (χ0v) is 6.90. The molecule has 0 amide bonds. The summed E-state index contributed by atoms with van der Waals surface area (Å²) in [6.45, 7) is 1.25. The molecule has 7 nitrogen and oxygen atoms in total. The number of aliphatic hydroxyl groups excluding tert-OH is 2. The van der Waals surface area contributed by atoms with Crippen LogP contribution in [0.15, 0.2) is 5.18 Å². The highest BCUT2D eigenvalue weighted by Crippen LogP contribution is 2.09. The molecule has 0 aromatic carbocycles. The third kappa shape index (κ3) is 3.15. The fourth-order valence-corrected chi connectivity index (χ4v) is 0.741. The SMILES string of the molecule is C[C@@H](N=O)C(O)C(OO)C(O)C=O. The van der Waals surface area contributed by atoms with E-state index in [4.69, 9.17) is 10.4 Å². The predicted molar refractivity (Wildman–Crippen MR) is 40.8 cm³/mol. The molecule has 7 heteroatoms. The Hall–Kier alpha value is -0.890. The van der Waals surface area contributed by atoms with E-state index in [1.165, 1.54) is 6.92 Å². The Kier molecular flexibility index (Phi) is 5.31. The molecule has 0 aliphatic carbocycles. The standard InChI is InChI=1S/C6H11NO6/c1-3(7-11)5(10)6(13-12)4(9)2-8/h2-6,9-10,12H,1H3/t3-,4?,5?,6?/m1/s1. The highest BCUT2D eigenvalue weighted by Gasteiger charge is 2.32. The summed E-state index contributed by atoms with van der Waals surface area (Å²) in [5, 5.41) is 28.7. The molecular weight excluding hydrogens is 182 g/mol. The highest BCUT2D eigenvalue weighted by molar-refractivity contribution is 5.56. The van der Waals surface area contributed by atoms with E-state index in [0.717, 1.165) is 0 Å². The van der Waals surface area contributed by atoms with Crippen LogP contribution in [-0.4, -0.2) is 46.1 Å². The number of nitroso groups, excluding NO2 is 1. The summed E-state index contributed by atoms with van der Waals surface area (Å²) in [6.07, 6.45) is -4.74. The van der Waals surface area contributed by atoms with Gasteiger partial charge in [-0.3, -0.25) is 5.26 Å². The molecule has 4 atom stereocenters. The first-order chi connectivity index (χ1) is 6.08. The number of hydrogen-bond donors (Lipinski definition) is 3. The lowest BCUT2D eigenvalue weighted by atomic mass is 10.0. The van der Waals surface area contributed by atoms with Crippen LogP contribution in [0.3, 0.4) is 0 Å². The quantitative estimate of drug-likeness (QED) is 0.214. The normalized spacial score (nSPS) is 20.0. The van der Waals surface area contributed by atoms with Gasteiger partial charge >= 0.3 is 0 Å². The van der Waals surface area contributed by atoms with Crippen LogP contribution in [0, 0.1) is 4.91 Å². The monoisotopic (exact) mass is 193 g/mol. The van der Waals surface area contributed by atoms with Gasteiger partial charge in [0.25, 0.3) is 0 Å². The van der Waals surface area contributed by atoms with Crippen LogP contribution in [0.5, 0.6) is 0 Å². The Bertz CT molecular complexity index is 175. The topological polar surface area (TPSA) is 116 Å². The number of hydrogen-bond acceptors (Lipinski definition) is 7. The largest absolute Gasteiger partial charge is 0.388 e. The second-order valence-corrected chi connectivity index (χ2v) is 2.53. The lowest BCUT2D eigenvalue weighted by Crippen LogP contribution is -2.44. The second kappa shape index (κ2) is 5.70. The molecule has 3 N–H and O–H groups in total. The summed E-state index contributed by atoms with van der Waals surface area (Å²) in [4.78, 5) is 23.7. The lowest BCUT2D eigenvalue weighted by molar-refractivity contribution is -0.311. The van der Waals surface area contributed by atoms with Gasteiger partial charge in [-0.1, -0.05) is 5.18 Å². The first-order valence-corrected chi connectivity index (χ1v) is 3.52. The van der Waals surface area contributed by atoms with Crippen molar-refractivity contribution >= 4 is 6.29 Å². The number of aldehydes is 1. The van der Waals surface area contributed by atoms with Gasteiger partial charge in [-0.05, 0) is 6.92 Å². The average Bonchev–Trinajstić information content (AvgIpc) is 2.17. The average molecular weight is 193 g/mol. The zero-order chi connectivity index (χ0) is 10.4. The maximum Gasteiger partial charge on any atom is 0.153 e. The minimum atomic E-state index is -1.70. The van der Waals surface area contributed by atoms with Gasteiger partial charge in [0, 0.05) is 0 Å². The van der Waals surface area contributed by atoms with Crippen molar-refractivity contribution in [2.45, 2.75) is 31.3 Å². The Morgan fingerprint density at radius 1 is 1.46 bits per heavy atom. The summed E-state index contributed by atoms with van der Waals surface area (Å²) in [5.74, 6) is 0. The summed E-state index contributed by atoms with van der Waals surface area (Å²) >= 11 is 0. The Labute approximate surface area is 73.8 Å². The number of carbonyl (C=O) groups is 1. The highest BCUT2D eigenvalue weighted by atomic mass is 17.1. The van der Waals surface area contributed by atoms with Crippen molar-refractivity contribution in [2.75, 3.05) is 0 Å². The van der Waals surface area contributed by atoms with Crippen LogP contribution < -0.4 is 0 Å². The molecule has 0 fully saturated rings. The molecule has 3 unspecified atom stereocenters. The third-order valence-electron chi connectivity index (χ3n) is 1.59. The molecular formula is C6H11NO6. The molecule has 0 aliphatic rings. The fourth-order valence-electron chi connectivity index (χ4n) is 0.741. The van der Waals surface area contributed by atoms with Crippen molar-refractivity contribution in [3.63, 3.8) is 0 Å². The summed E-state index contributed by atoms with van der Waals surface area (Å²) in [5.41, 5.74) is 0. The van der Waals surface area contributed by atoms with Gasteiger partial charge in [-0.25, -0.2) is 4.89 Å². The second-order valence-electron chi connectivity index (χ2n) is 2.53. The van der Waals surface area contributed by atoms with Crippen LogP contribution >= 0.6 is 0 Å². The molecule has 0 bridgehead atoms. The van der Waals surface area contributed by atoms with Crippen molar-refractivity contribution < 1.29 is 25.2 Å². The van der Waals surface area contributed by atoms with E-state index >= 15 is 0 Å². The minimum absolute atomic E-state index is 0.0711. The molecule has 0 aliphatic heterocycles. The van der Waals surface area contributed by atoms with Crippen molar-refractivity contribution in [3.8, 4) is 0 Å². The molecule has 76 valence electrons. The number of aliphatic hydroxyl groups is 2. The molecule has 0 saturated heterocycles. The molecule has 0 aromatic rings. The predicted octanol–water partition coefficient (Wildman–Crippen LogP) is -1.08. The smallest absolute Gasteiger partial charge is 0.153 e. The van der Waals surface area contributed by atoms with E-state index < -0.39 is 24.4 Å². The number of rotatable bonds is 6. The molecule has 0 saturated carbocycles. The van der Waals surface area contributed by atoms with Crippen LogP contribution in [0.25, 0.3) is 0 Å². The van der Waals surface area contributed by atoms with Gasteiger partial charge in [0.05, 0.1) is 0 Å².